The first-order valence-electron chi connectivity index (χ1n) is 10.1. The molecule has 1 aromatic carbocycles. The van der Waals surface area contributed by atoms with E-state index in [2.05, 4.69) is 22.8 Å². The summed E-state index contributed by atoms with van der Waals surface area (Å²) >= 11 is 7.02. The molecule has 1 heterocycles. The molecule has 1 aliphatic carbocycles. The summed E-state index contributed by atoms with van der Waals surface area (Å²) in [6.45, 7) is 3.99. The molecule has 10 nitrogen and oxygen atoms in total. The maximum absolute atomic E-state index is 12.5. The minimum atomic E-state index is -1.07. The summed E-state index contributed by atoms with van der Waals surface area (Å²) in [6, 6.07) is 3.97. The van der Waals surface area contributed by atoms with Gasteiger partial charge in [0.25, 0.3) is 5.69 Å². The molecule has 2 amide bonds. The molecule has 0 spiro atoms. The van der Waals surface area contributed by atoms with Crippen LogP contribution in [-0.2, 0) is 27.2 Å². The number of rotatable bonds is 6. The van der Waals surface area contributed by atoms with Crippen LogP contribution in [0.25, 0.3) is 0 Å². The molecule has 3 rings (SSSR count). The third kappa shape index (κ3) is 5.74. The van der Waals surface area contributed by atoms with Crippen LogP contribution in [-0.4, -0.2) is 35.5 Å². The van der Waals surface area contributed by atoms with E-state index in [0.29, 0.717) is 23.5 Å². The van der Waals surface area contributed by atoms with Crippen LogP contribution in [0.2, 0.25) is 5.02 Å². The van der Waals surface area contributed by atoms with E-state index in [1.165, 1.54) is 29.5 Å². The van der Waals surface area contributed by atoms with Crippen molar-refractivity contribution in [3.05, 3.63) is 54.9 Å². The molecule has 2 N–H and O–H groups in total. The van der Waals surface area contributed by atoms with Crippen molar-refractivity contribution >= 4 is 57.6 Å². The number of hydrogen-bond donors (Lipinski definition) is 2. The summed E-state index contributed by atoms with van der Waals surface area (Å²) in [7, 11) is 0. The van der Waals surface area contributed by atoms with E-state index in [4.69, 9.17) is 16.3 Å². The van der Waals surface area contributed by atoms with Crippen molar-refractivity contribution in [3.63, 3.8) is 0 Å². The molecule has 0 unspecified atom stereocenters. The van der Waals surface area contributed by atoms with Crippen molar-refractivity contribution in [2.45, 2.75) is 33.1 Å². The average Bonchev–Trinajstić information content (AvgIpc) is 3.11. The number of fused-ring (bicyclic) bond motifs is 1. The Hall–Kier alpha value is -3.31. The lowest BCUT2D eigenvalue weighted by atomic mass is 9.88. The molecule has 0 radical (unpaired) electrons. The number of nitrogens with one attached hydrogen (secondary N) is 2. The number of esters is 1. The number of nitrogens with zero attached hydrogens (tertiary/aromatic N) is 2. The molecule has 1 aliphatic rings. The minimum absolute atomic E-state index is 0.0361. The predicted octanol–water partition coefficient (Wildman–Crippen LogP) is 3.70. The van der Waals surface area contributed by atoms with Crippen LogP contribution in [0.1, 0.15) is 46.6 Å². The van der Waals surface area contributed by atoms with Crippen molar-refractivity contribution in [2.24, 2.45) is 11.0 Å². The summed E-state index contributed by atoms with van der Waals surface area (Å²) in [5.74, 6) is -2.16. The number of carbonyl (C=O) groups is 3. The summed E-state index contributed by atoms with van der Waals surface area (Å²) in [5.41, 5.74) is 3.20. The lowest BCUT2D eigenvalue weighted by molar-refractivity contribution is -0.384. The smallest absolute Gasteiger partial charge is 0.341 e. The Bertz CT molecular complexity index is 1150. The number of hydrazone groups is 1. The topological polar surface area (TPSA) is 140 Å². The molecule has 12 heteroatoms. The molecule has 2 aromatic rings. The Labute approximate surface area is 198 Å². The standard InChI is InChI=1S/C21H21ClN4O6S/c1-3-32-21(29)17-13-6-4-11(2)8-16(13)33-20(17)24-18(27)19(28)25-23-10-12-5-7-14(22)15(9-12)26(30)31/h5,7,9-11H,3-4,6,8H2,1-2H3,(H,24,27)(H,25,28)/b23-10-/t11-/m1/s1. The first-order chi connectivity index (χ1) is 15.7. The van der Waals surface area contributed by atoms with E-state index in [0.717, 1.165) is 29.5 Å². The highest BCUT2D eigenvalue weighted by molar-refractivity contribution is 7.17. The maximum atomic E-state index is 12.5. The largest absolute Gasteiger partial charge is 0.462 e. The zero-order valence-corrected chi connectivity index (χ0v) is 19.4. The Morgan fingerprint density at radius 2 is 2.12 bits per heavy atom. The van der Waals surface area contributed by atoms with Crippen LogP contribution in [0.4, 0.5) is 10.7 Å². The molecule has 0 fully saturated rings. The Morgan fingerprint density at radius 3 is 2.82 bits per heavy atom. The fourth-order valence-electron chi connectivity index (χ4n) is 3.38. The summed E-state index contributed by atoms with van der Waals surface area (Å²) in [6.07, 6.45) is 3.54. The number of benzene rings is 1. The first kappa shape index (κ1) is 24.3. The number of amides is 2. The van der Waals surface area contributed by atoms with E-state index >= 15 is 0 Å². The van der Waals surface area contributed by atoms with E-state index in [-0.39, 0.29) is 22.3 Å². The quantitative estimate of drug-likeness (QED) is 0.207. The third-order valence-corrected chi connectivity index (χ3v) is 6.46. The van der Waals surface area contributed by atoms with Gasteiger partial charge in [-0.1, -0.05) is 24.6 Å². The average molecular weight is 493 g/mol. The Morgan fingerprint density at radius 1 is 1.36 bits per heavy atom. The second-order valence-corrected chi connectivity index (χ2v) is 8.91. The number of nitro benzene ring substituents is 1. The van der Waals surface area contributed by atoms with Gasteiger partial charge in [-0.25, -0.2) is 10.2 Å². The SMILES string of the molecule is CCOC(=O)c1c(NC(=O)C(=O)N/N=C\c2ccc(Cl)c([N+](=O)[O-])c2)sc2c1CC[C@@H](C)C2. The molecule has 0 bridgehead atoms. The van der Waals surface area contributed by atoms with E-state index in [9.17, 15) is 24.5 Å². The van der Waals surface area contributed by atoms with Gasteiger partial charge in [-0.2, -0.15) is 5.10 Å². The van der Waals surface area contributed by atoms with Crippen LogP contribution >= 0.6 is 22.9 Å². The van der Waals surface area contributed by atoms with Gasteiger partial charge in [0.1, 0.15) is 10.0 Å². The van der Waals surface area contributed by atoms with Gasteiger partial charge in [-0.05, 0) is 43.7 Å². The number of nitro groups is 1. The lowest BCUT2D eigenvalue weighted by Crippen LogP contribution is -2.32. The summed E-state index contributed by atoms with van der Waals surface area (Å²) in [5, 5.41) is 17.3. The number of halogens is 1. The normalized spacial score (nSPS) is 15.1. The van der Waals surface area contributed by atoms with Gasteiger partial charge in [-0.3, -0.25) is 19.7 Å². The van der Waals surface area contributed by atoms with Crippen LogP contribution in [0.3, 0.4) is 0 Å². The third-order valence-electron chi connectivity index (χ3n) is 4.97. The van der Waals surface area contributed by atoms with Gasteiger partial charge in [0.15, 0.2) is 0 Å². The zero-order valence-electron chi connectivity index (χ0n) is 17.8. The van der Waals surface area contributed by atoms with Gasteiger partial charge >= 0.3 is 17.8 Å². The summed E-state index contributed by atoms with van der Waals surface area (Å²) < 4.78 is 5.15. The van der Waals surface area contributed by atoms with Crippen LogP contribution < -0.4 is 10.7 Å². The van der Waals surface area contributed by atoms with Crippen LogP contribution in [0, 0.1) is 16.0 Å². The number of anilines is 1. The molecular formula is C21H21ClN4O6S. The fourth-order valence-corrected chi connectivity index (χ4v) is 4.96. The van der Waals surface area contributed by atoms with Gasteiger partial charge < -0.3 is 10.1 Å². The number of carbonyl (C=O) groups excluding carboxylic acids is 3. The number of hydrogen-bond acceptors (Lipinski definition) is 8. The summed E-state index contributed by atoms with van der Waals surface area (Å²) in [4.78, 5) is 48.4. The molecule has 0 saturated carbocycles. The molecule has 1 atom stereocenters. The first-order valence-corrected chi connectivity index (χ1v) is 11.3. The zero-order chi connectivity index (χ0) is 24.1. The van der Waals surface area contributed by atoms with Crippen LogP contribution in [0.5, 0.6) is 0 Å². The lowest BCUT2D eigenvalue weighted by Gasteiger charge is -2.18. The minimum Gasteiger partial charge on any atom is -0.462 e. The van der Waals surface area contributed by atoms with Crippen LogP contribution in [0.15, 0.2) is 23.3 Å². The second-order valence-electron chi connectivity index (χ2n) is 7.40. The number of thiophene rings is 1. The van der Waals surface area contributed by atoms with Crippen molar-refractivity contribution in [1.82, 2.24) is 5.43 Å². The molecular weight excluding hydrogens is 472 g/mol. The molecule has 0 aliphatic heterocycles. The molecule has 174 valence electrons. The van der Waals surface area contributed by atoms with E-state index < -0.39 is 22.7 Å². The van der Waals surface area contributed by atoms with E-state index in [1.54, 1.807) is 6.92 Å². The highest BCUT2D eigenvalue weighted by atomic mass is 35.5. The van der Waals surface area contributed by atoms with Gasteiger partial charge in [0.05, 0.1) is 23.3 Å². The highest BCUT2D eigenvalue weighted by Gasteiger charge is 2.30. The van der Waals surface area contributed by atoms with E-state index in [1.807, 2.05) is 0 Å². The van der Waals surface area contributed by atoms with Gasteiger partial charge in [-0.15, -0.1) is 11.3 Å². The Balaban J connectivity index is 1.71. The van der Waals surface area contributed by atoms with Crippen molar-refractivity contribution in [2.75, 3.05) is 11.9 Å². The second kappa shape index (κ2) is 10.5. The van der Waals surface area contributed by atoms with Gasteiger partial charge in [0, 0.05) is 16.5 Å². The number of ether oxygens (including phenoxy) is 1. The fraction of sp³-hybridized carbons (Fsp3) is 0.333. The van der Waals surface area contributed by atoms with Crippen molar-refractivity contribution in [1.29, 1.82) is 0 Å². The predicted molar refractivity (Wildman–Crippen MR) is 124 cm³/mol. The molecule has 33 heavy (non-hydrogen) atoms. The monoisotopic (exact) mass is 492 g/mol. The maximum Gasteiger partial charge on any atom is 0.341 e. The molecule has 0 saturated heterocycles. The van der Waals surface area contributed by atoms with Crippen molar-refractivity contribution < 1.29 is 24.0 Å². The van der Waals surface area contributed by atoms with Crippen molar-refractivity contribution in [3.8, 4) is 0 Å². The highest BCUT2D eigenvalue weighted by Crippen LogP contribution is 2.40. The Kier molecular flexibility index (Phi) is 7.77. The van der Waals surface area contributed by atoms with Gasteiger partial charge in [0.2, 0.25) is 0 Å². The molecule has 1 aromatic heterocycles.